The molecule has 0 aliphatic rings. The number of aryl methyl sites for hydroxylation is 2. The van der Waals surface area contributed by atoms with Crippen LogP contribution in [0.3, 0.4) is 0 Å². The van der Waals surface area contributed by atoms with Crippen molar-refractivity contribution in [3.63, 3.8) is 0 Å². The van der Waals surface area contributed by atoms with Crippen LogP contribution in [0.4, 0.5) is 5.95 Å². The smallest absolute Gasteiger partial charge is 0.249 e. The standard InChI is InChI=1S/C12H19N5OS/c1-5-12(6-2,9(13)19)10(18)15-11-14-7(3)8(4)16-17-11/h5-6H2,1-4H3,(H2,13,19)(H,14,15,17,18). The summed E-state index contributed by atoms with van der Waals surface area (Å²) in [6, 6.07) is 0. The summed E-state index contributed by atoms with van der Waals surface area (Å²) in [4.78, 5) is 16.7. The third kappa shape index (κ3) is 3.04. The molecule has 3 N–H and O–H groups in total. The number of carbonyl (C=O) groups is 1. The van der Waals surface area contributed by atoms with Crippen molar-refractivity contribution in [1.82, 2.24) is 15.2 Å². The van der Waals surface area contributed by atoms with Crippen molar-refractivity contribution in [3.05, 3.63) is 11.4 Å². The molecule has 0 aliphatic carbocycles. The van der Waals surface area contributed by atoms with Gasteiger partial charge in [-0.2, -0.15) is 5.10 Å². The van der Waals surface area contributed by atoms with Crippen molar-refractivity contribution < 1.29 is 4.79 Å². The Balaban J connectivity index is 3.00. The van der Waals surface area contributed by atoms with Gasteiger partial charge in [-0.25, -0.2) is 4.98 Å². The van der Waals surface area contributed by atoms with Crippen LogP contribution in [-0.2, 0) is 4.79 Å². The van der Waals surface area contributed by atoms with Gasteiger partial charge in [0.15, 0.2) is 0 Å². The number of aromatic nitrogens is 3. The Bertz CT molecular complexity index is 499. The average molecular weight is 281 g/mol. The summed E-state index contributed by atoms with van der Waals surface area (Å²) in [7, 11) is 0. The Labute approximate surface area is 118 Å². The molecule has 0 aliphatic heterocycles. The molecule has 0 unspecified atom stereocenters. The van der Waals surface area contributed by atoms with Gasteiger partial charge in [0.2, 0.25) is 11.9 Å². The van der Waals surface area contributed by atoms with E-state index in [2.05, 4.69) is 20.5 Å². The Kier molecular flexibility index (Phi) is 4.88. The molecule has 0 bridgehead atoms. The number of nitrogens with one attached hydrogen (secondary N) is 1. The fraction of sp³-hybridized carbons (Fsp3) is 0.583. The molecule has 104 valence electrons. The number of nitrogens with two attached hydrogens (primary N) is 1. The number of rotatable bonds is 5. The van der Waals surface area contributed by atoms with Gasteiger partial charge in [0.1, 0.15) is 0 Å². The molecule has 1 heterocycles. The molecule has 1 rings (SSSR count). The highest BCUT2D eigenvalue weighted by Crippen LogP contribution is 2.28. The molecule has 1 amide bonds. The first-order valence-electron chi connectivity index (χ1n) is 6.16. The van der Waals surface area contributed by atoms with Crippen LogP contribution in [0.5, 0.6) is 0 Å². The van der Waals surface area contributed by atoms with Crippen molar-refractivity contribution in [1.29, 1.82) is 0 Å². The molecule has 0 saturated carbocycles. The van der Waals surface area contributed by atoms with Gasteiger partial charge in [0.05, 0.1) is 21.8 Å². The van der Waals surface area contributed by atoms with E-state index in [4.69, 9.17) is 18.0 Å². The third-order valence-corrected chi connectivity index (χ3v) is 3.82. The van der Waals surface area contributed by atoms with Crippen LogP contribution in [0.25, 0.3) is 0 Å². The summed E-state index contributed by atoms with van der Waals surface area (Å²) < 4.78 is 0. The second kappa shape index (κ2) is 6.01. The van der Waals surface area contributed by atoms with Crippen LogP contribution in [0.2, 0.25) is 0 Å². The first-order chi connectivity index (χ1) is 8.87. The molecule has 1 aromatic heterocycles. The van der Waals surface area contributed by atoms with E-state index in [1.165, 1.54) is 0 Å². The number of nitrogens with zero attached hydrogens (tertiary/aromatic N) is 3. The van der Waals surface area contributed by atoms with Crippen LogP contribution >= 0.6 is 12.2 Å². The van der Waals surface area contributed by atoms with E-state index in [0.717, 1.165) is 11.4 Å². The zero-order valence-corrected chi connectivity index (χ0v) is 12.5. The summed E-state index contributed by atoms with van der Waals surface area (Å²) in [6.45, 7) is 7.36. The predicted molar refractivity (Wildman–Crippen MR) is 77.7 cm³/mol. The van der Waals surface area contributed by atoms with Crippen molar-refractivity contribution in [2.24, 2.45) is 11.1 Å². The lowest BCUT2D eigenvalue weighted by Gasteiger charge is -2.28. The Morgan fingerprint density at radius 2 is 1.84 bits per heavy atom. The molecule has 19 heavy (non-hydrogen) atoms. The van der Waals surface area contributed by atoms with Crippen LogP contribution in [-0.4, -0.2) is 26.1 Å². The fourth-order valence-electron chi connectivity index (χ4n) is 1.76. The molecular weight excluding hydrogens is 262 g/mol. The molecule has 0 aromatic carbocycles. The molecule has 7 heteroatoms. The van der Waals surface area contributed by atoms with Crippen LogP contribution in [0.15, 0.2) is 0 Å². The molecule has 0 radical (unpaired) electrons. The van der Waals surface area contributed by atoms with Crippen molar-refractivity contribution in [2.75, 3.05) is 5.32 Å². The van der Waals surface area contributed by atoms with Gasteiger partial charge in [-0.05, 0) is 26.7 Å². The molecule has 6 nitrogen and oxygen atoms in total. The van der Waals surface area contributed by atoms with E-state index in [-0.39, 0.29) is 16.8 Å². The summed E-state index contributed by atoms with van der Waals surface area (Å²) in [6.07, 6.45) is 1.06. The van der Waals surface area contributed by atoms with E-state index in [1.807, 2.05) is 13.8 Å². The quantitative estimate of drug-likeness (QED) is 0.795. The van der Waals surface area contributed by atoms with Crippen molar-refractivity contribution in [3.8, 4) is 0 Å². The van der Waals surface area contributed by atoms with Gasteiger partial charge in [-0.1, -0.05) is 26.1 Å². The number of hydrogen-bond acceptors (Lipinski definition) is 5. The molecule has 0 atom stereocenters. The lowest BCUT2D eigenvalue weighted by atomic mass is 9.81. The van der Waals surface area contributed by atoms with E-state index < -0.39 is 5.41 Å². The topological polar surface area (TPSA) is 93.8 Å². The van der Waals surface area contributed by atoms with Gasteiger partial charge < -0.3 is 5.73 Å². The summed E-state index contributed by atoms with van der Waals surface area (Å²) >= 11 is 5.03. The number of thiocarbonyl (C=S) groups is 1. The van der Waals surface area contributed by atoms with E-state index >= 15 is 0 Å². The number of amides is 1. The molecule has 1 aromatic rings. The maximum atomic E-state index is 12.3. The van der Waals surface area contributed by atoms with Crippen LogP contribution < -0.4 is 11.1 Å². The fourth-order valence-corrected chi connectivity index (χ4v) is 2.14. The normalized spacial score (nSPS) is 11.2. The minimum Gasteiger partial charge on any atom is -0.392 e. The summed E-state index contributed by atoms with van der Waals surface area (Å²) in [5.41, 5.74) is 6.30. The highest BCUT2D eigenvalue weighted by molar-refractivity contribution is 7.80. The zero-order valence-electron chi connectivity index (χ0n) is 11.6. The second-order valence-electron chi connectivity index (χ2n) is 4.41. The lowest BCUT2D eigenvalue weighted by Crippen LogP contribution is -2.45. The maximum absolute atomic E-state index is 12.3. The number of carbonyl (C=O) groups excluding carboxylic acids is 1. The molecular formula is C12H19N5OS. The average Bonchev–Trinajstić information content (AvgIpc) is 2.35. The molecule has 0 fully saturated rings. The summed E-state index contributed by atoms with van der Waals surface area (Å²) in [5.74, 6) is -0.106. The van der Waals surface area contributed by atoms with Gasteiger partial charge in [-0.15, -0.1) is 5.10 Å². The van der Waals surface area contributed by atoms with Crippen LogP contribution in [0, 0.1) is 19.3 Å². The largest absolute Gasteiger partial charge is 0.392 e. The van der Waals surface area contributed by atoms with Crippen molar-refractivity contribution >= 4 is 29.1 Å². The van der Waals surface area contributed by atoms with E-state index in [9.17, 15) is 4.79 Å². The Hall–Kier alpha value is -1.63. The molecule has 0 saturated heterocycles. The lowest BCUT2D eigenvalue weighted by molar-refractivity contribution is -0.122. The van der Waals surface area contributed by atoms with E-state index in [1.54, 1.807) is 13.8 Å². The Morgan fingerprint density at radius 3 is 2.26 bits per heavy atom. The third-order valence-electron chi connectivity index (χ3n) is 3.43. The highest BCUT2D eigenvalue weighted by atomic mass is 32.1. The van der Waals surface area contributed by atoms with Gasteiger partial charge in [0.25, 0.3) is 0 Å². The maximum Gasteiger partial charge on any atom is 0.249 e. The van der Waals surface area contributed by atoms with Gasteiger partial charge in [0, 0.05) is 0 Å². The summed E-state index contributed by atoms with van der Waals surface area (Å²) in [5, 5.41) is 10.4. The monoisotopic (exact) mass is 281 g/mol. The van der Waals surface area contributed by atoms with Crippen LogP contribution in [0.1, 0.15) is 38.1 Å². The SMILES string of the molecule is CCC(CC)(C(=O)Nc1nnc(C)c(C)n1)C(N)=S. The second-order valence-corrected chi connectivity index (χ2v) is 4.85. The molecule has 0 spiro atoms. The van der Waals surface area contributed by atoms with Gasteiger partial charge >= 0.3 is 0 Å². The minimum atomic E-state index is -0.864. The first kappa shape index (κ1) is 15.4. The zero-order chi connectivity index (χ0) is 14.6. The first-order valence-corrected chi connectivity index (χ1v) is 6.57. The van der Waals surface area contributed by atoms with Crippen molar-refractivity contribution in [2.45, 2.75) is 40.5 Å². The minimum absolute atomic E-state index is 0.177. The van der Waals surface area contributed by atoms with E-state index in [0.29, 0.717) is 12.8 Å². The Morgan fingerprint density at radius 1 is 1.26 bits per heavy atom. The number of hydrogen-bond donors (Lipinski definition) is 2. The number of anilines is 1. The van der Waals surface area contributed by atoms with Gasteiger partial charge in [-0.3, -0.25) is 10.1 Å². The predicted octanol–water partition coefficient (Wildman–Crippen LogP) is 1.52. The highest BCUT2D eigenvalue weighted by Gasteiger charge is 2.38.